The van der Waals surface area contributed by atoms with E-state index in [1.807, 2.05) is 0 Å². The van der Waals surface area contributed by atoms with Crippen LogP contribution in [-0.2, 0) is 0 Å². The number of hydrogen-bond acceptors (Lipinski definition) is 6. The van der Waals surface area contributed by atoms with Crippen LogP contribution in [0.15, 0.2) is 58.7 Å². The molecule has 2 aromatic rings. The molecular formula is C16H14N4O4. The van der Waals surface area contributed by atoms with Gasteiger partial charge in [-0.1, -0.05) is 24.3 Å². The summed E-state index contributed by atoms with van der Waals surface area (Å²) >= 11 is 0. The van der Waals surface area contributed by atoms with E-state index in [1.165, 1.54) is 24.3 Å². The molecule has 2 rings (SSSR count). The summed E-state index contributed by atoms with van der Waals surface area (Å²) in [5, 5.41) is 29.7. The van der Waals surface area contributed by atoms with Crippen molar-refractivity contribution >= 4 is 22.8 Å². The van der Waals surface area contributed by atoms with Crippen LogP contribution in [0.2, 0.25) is 0 Å². The molecule has 0 saturated heterocycles. The van der Waals surface area contributed by atoms with Gasteiger partial charge < -0.3 is 0 Å². The van der Waals surface area contributed by atoms with Crippen LogP contribution in [0.25, 0.3) is 0 Å². The molecule has 0 heterocycles. The third-order valence-electron chi connectivity index (χ3n) is 3.30. The van der Waals surface area contributed by atoms with E-state index >= 15 is 0 Å². The minimum Gasteiger partial charge on any atom is -0.258 e. The van der Waals surface area contributed by atoms with E-state index in [-0.39, 0.29) is 11.4 Å². The fraction of sp³-hybridized carbons (Fsp3) is 0.125. The SMILES string of the molecule is C/C(=N\N=C(/C)c1cccc([N+](=O)[O-])c1)c1cccc([N+](=O)[O-])c1. The van der Waals surface area contributed by atoms with Gasteiger partial charge in [-0.05, 0) is 13.8 Å². The lowest BCUT2D eigenvalue weighted by Crippen LogP contribution is -1.99. The van der Waals surface area contributed by atoms with Gasteiger partial charge >= 0.3 is 0 Å². The largest absolute Gasteiger partial charge is 0.270 e. The Bertz CT molecular complexity index is 787. The molecule has 0 atom stereocenters. The highest BCUT2D eigenvalue weighted by atomic mass is 16.6. The molecule has 0 spiro atoms. The van der Waals surface area contributed by atoms with Gasteiger partial charge in [0.2, 0.25) is 0 Å². The van der Waals surface area contributed by atoms with Crippen molar-refractivity contribution in [1.82, 2.24) is 0 Å². The fourth-order valence-electron chi connectivity index (χ4n) is 1.95. The zero-order chi connectivity index (χ0) is 17.7. The zero-order valence-corrected chi connectivity index (χ0v) is 13.0. The minimum absolute atomic E-state index is 0.0264. The summed E-state index contributed by atoms with van der Waals surface area (Å²) in [6.07, 6.45) is 0. The van der Waals surface area contributed by atoms with E-state index in [4.69, 9.17) is 0 Å². The Kier molecular flexibility index (Phi) is 5.10. The topological polar surface area (TPSA) is 111 Å². The summed E-state index contributed by atoms with van der Waals surface area (Å²) < 4.78 is 0. The highest BCUT2D eigenvalue weighted by Gasteiger charge is 2.09. The van der Waals surface area contributed by atoms with Gasteiger partial charge in [-0.25, -0.2) is 0 Å². The molecule has 0 saturated carbocycles. The monoisotopic (exact) mass is 326 g/mol. The van der Waals surface area contributed by atoms with Crippen molar-refractivity contribution in [3.8, 4) is 0 Å². The Balaban J connectivity index is 2.29. The van der Waals surface area contributed by atoms with Crippen LogP contribution in [0.1, 0.15) is 25.0 Å². The van der Waals surface area contributed by atoms with E-state index in [9.17, 15) is 20.2 Å². The third kappa shape index (κ3) is 4.07. The van der Waals surface area contributed by atoms with Gasteiger partial charge in [-0.3, -0.25) is 20.2 Å². The number of rotatable bonds is 5. The average Bonchev–Trinajstić information content (AvgIpc) is 2.59. The summed E-state index contributed by atoms with van der Waals surface area (Å²) in [7, 11) is 0. The minimum atomic E-state index is -0.478. The lowest BCUT2D eigenvalue weighted by Gasteiger charge is -2.01. The van der Waals surface area contributed by atoms with Crippen molar-refractivity contribution in [3.63, 3.8) is 0 Å². The van der Waals surface area contributed by atoms with Crippen LogP contribution in [0, 0.1) is 20.2 Å². The third-order valence-corrected chi connectivity index (χ3v) is 3.30. The van der Waals surface area contributed by atoms with E-state index in [0.717, 1.165) is 0 Å². The molecule has 0 aromatic heterocycles. The Labute approximate surface area is 137 Å². The predicted molar refractivity (Wildman–Crippen MR) is 90.6 cm³/mol. The molecule has 0 unspecified atom stereocenters. The van der Waals surface area contributed by atoms with E-state index in [1.54, 1.807) is 38.1 Å². The van der Waals surface area contributed by atoms with Crippen molar-refractivity contribution in [2.24, 2.45) is 10.2 Å². The van der Waals surface area contributed by atoms with Crippen LogP contribution in [0.4, 0.5) is 11.4 Å². The summed E-state index contributed by atoms with van der Waals surface area (Å²) in [5.41, 5.74) is 2.12. The molecule has 8 heteroatoms. The first kappa shape index (κ1) is 16.9. The Morgan fingerprint density at radius 1 is 0.792 bits per heavy atom. The van der Waals surface area contributed by atoms with Crippen LogP contribution < -0.4 is 0 Å². The number of benzene rings is 2. The van der Waals surface area contributed by atoms with Crippen molar-refractivity contribution in [2.45, 2.75) is 13.8 Å². The normalized spacial score (nSPS) is 12.1. The fourth-order valence-corrected chi connectivity index (χ4v) is 1.95. The molecule has 0 radical (unpaired) electrons. The zero-order valence-electron chi connectivity index (χ0n) is 13.0. The van der Waals surface area contributed by atoms with Crippen LogP contribution in [0.5, 0.6) is 0 Å². The maximum absolute atomic E-state index is 10.8. The molecule has 0 bridgehead atoms. The summed E-state index contributed by atoms with van der Waals surface area (Å²) in [6, 6.07) is 12.2. The maximum Gasteiger partial charge on any atom is 0.270 e. The van der Waals surface area contributed by atoms with Gasteiger partial charge in [0.05, 0.1) is 21.3 Å². The lowest BCUT2D eigenvalue weighted by molar-refractivity contribution is -0.385. The van der Waals surface area contributed by atoms with Gasteiger partial charge in [0.15, 0.2) is 0 Å². The second-order valence-corrected chi connectivity index (χ2v) is 4.99. The van der Waals surface area contributed by atoms with Crippen LogP contribution in [-0.4, -0.2) is 21.3 Å². The molecule has 0 N–H and O–H groups in total. The molecule has 0 aliphatic heterocycles. The standard InChI is InChI=1S/C16H14N4O4/c1-11(13-5-3-7-15(9-13)19(21)22)17-18-12(2)14-6-4-8-16(10-14)20(23)24/h3-10H,1-2H3/b17-11+,18-12+. The summed E-state index contributed by atoms with van der Waals surface area (Å²) in [5.74, 6) is 0. The quantitative estimate of drug-likeness (QED) is 0.473. The molecule has 24 heavy (non-hydrogen) atoms. The molecule has 0 aliphatic rings. The van der Waals surface area contributed by atoms with Gasteiger partial charge in [0.1, 0.15) is 0 Å². The maximum atomic E-state index is 10.8. The van der Waals surface area contributed by atoms with Gasteiger partial charge in [-0.2, -0.15) is 10.2 Å². The highest BCUT2D eigenvalue weighted by Crippen LogP contribution is 2.15. The molecular weight excluding hydrogens is 312 g/mol. The first-order chi connectivity index (χ1) is 11.4. The first-order valence-electron chi connectivity index (χ1n) is 6.97. The number of nitro benzene ring substituents is 2. The van der Waals surface area contributed by atoms with Crippen molar-refractivity contribution in [1.29, 1.82) is 0 Å². The van der Waals surface area contributed by atoms with Gasteiger partial charge in [-0.15, -0.1) is 0 Å². The van der Waals surface area contributed by atoms with Crippen molar-refractivity contribution < 1.29 is 9.85 Å². The average molecular weight is 326 g/mol. The van der Waals surface area contributed by atoms with Crippen LogP contribution >= 0.6 is 0 Å². The lowest BCUT2D eigenvalue weighted by atomic mass is 10.1. The highest BCUT2D eigenvalue weighted by molar-refractivity contribution is 6.02. The molecule has 2 aromatic carbocycles. The molecule has 122 valence electrons. The first-order valence-corrected chi connectivity index (χ1v) is 6.97. The molecule has 8 nitrogen and oxygen atoms in total. The van der Waals surface area contributed by atoms with Crippen LogP contribution in [0.3, 0.4) is 0 Å². The van der Waals surface area contributed by atoms with Gasteiger partial charge in [0, 0.05) is 35.4 Å². The second-order valence-electron chi connectivity index (χ2n) is 4.99. The van der Waals surface area contributed by atoms with E-state index in [2.05, 4.69) is 10.2 Å². The summed E-state index contributed by atoms with van der Waals surface area (Å²) in [6.45, 7) is 3.37. The van der Waals surface area contributed by atoms with Gasteiger partial charge in [0.25, 0.3) is 11.4 Å². The summed E-state index contributed by atoms with van der Waals surface area (Å²) in [4.78, 5) is 20.6. The number of nitrogens with zero attached hydrogens (tertiary/aromatic N) is 4. The Hall–Kier alpha value is -3.42. The smallest absolute Gasteiger partial charge is 0.258 e. The molecule has 0 amide bonds. The Morgan fingerprint density at radius 2 is 1.17 bits per heavy atom. The number of nitro groups is 2. The van der Waals surface area contributed by atoms with Crippen molar-refractivity contribution in [3.05, 3.63) is 79.9 Å². The molecule has 0 aliphatic carbocycles. The molecule has 0 fully saturated rings. The second kappa shape index (κ2) is 7.23. The Morgan fingerprint density at radius 3 is 1.50 bits per heavy atom. The predicted octanol–water partition coefficient (Wildman–Crippen LogP) is 3.74. The van der Waals surface area contributed by atoms with E-state index < -0.39 is 9.85 Å². The number of hydrogen-bond donors (Lipinski definition) is 0. The van der Waals surface area contributed by atoms with Crippen molar-refractivity contribution in [2.75, 3.05) is 0 Å². The van der Waals surface area contributed by atoms with E-state index in [0.29, 0.717) is 22.6 Å². The number of non-ortho nitro benzene ring substituents is 2.